The van der Waals surface area contributed by atoms with Crippen LogP contribution in [-0.4, -0.2) is 95.4 Å². The zero-order valence-corrected chi connectivity index (χ0v) is 20.2. The van der Waals surface area contributed by atoms with Crippen LogP contribution in [0.1, 0.15) is 23.7 Å². The van der Waals surface area contributed by atoms with Crippen molar-refractivity contribution >= 4 is 0 Å². The van der Waals surface area contributed by atoms with E-state index in [2.05, 4.69) is 0 Å². The second kappa shape index (κ2) is 13.1. The second-order valence-corrected chi connectivity index (χ2v) is 8.37. The van der Waals surface area contributed by atoms with Crippen molar-refractivity contribution in [1.82, 2.24) is 0 Å². The van der Waals surface area contributed by atoms with E-state index in [1.165, 1.54) is 32.4 Å². The molecule has 6 N–H and O–H groups in total. The Morgan fingerprint density at radius 2 is 1.61 bits per heavy atom. The van der Waals surface area contributed by atoms with Gasteiger partial charge in [-0.1, -0.05) is 12.1 Å². The molecule has 200 valence electrons. The van der Waals surface area contributed by atoms with Gasteiger partial charge in [-0.25, -0.2) is 0 Å². The van der Waals surface area contributed by atoms with Gasteiger partial charge in [0.1, 0.15) is 24.4 Å². The summed E-state index contributed by atoms with van der Waals surface area (Å²) in [6.07, 6.45) is -6.42. The fraction of sp³-hybridized carbons (Fsp3) is 0.520. The molecule has 2 aromatic carbocycles. The van der Waals surface area contributed by atoms with Crippen LogP contribution < -0.4 is 18.9 Å². The second-order valence-electron chi connectivity index (χ2n) is 8.37. The number of benzene rings is 2. The summed E-state index contributed by atoms with van der Waals surface area (Å²) < 4.78 is 27.5. The lowest BCUT2D eigenvalue weighted by atomic mass is 10.0. The normalized spacial score (nSPS) is 23.6. The highest BCUT2D eigenvalue weighted by Gasteiger charge is 2.39. The molecule has 0 bridgehead atoms. The molecule has 11 nitrogen and oxygen atoms in total. The number of aliphatic hydroxyl groups is 6. The average Bonchev–Trinajstić information content (AvgIpc) is 2.90. The van der Waals surface area contributed by atoms with Gasteiger partial charge in [0.25, 0.3) is 0 Å². The van der Waals surface area contributed by atoms with E-state index in [1.54, 1.807) is 12.1 Å². The summed E-state index contributed by atoms with van der Waals surface area (Å²) >= 11 is 0. The van der Waals surface area contributed by atoms with Gasteiger partial charge in [0.15, 0.2) is 29.1 Å². The average molecular weight is 511 g/mol. The first-order valence-corrected chi connectivity index (χ1v) is 11.6. The van der Waals surface area contributed by atoms with Gasteiger partial charge < -0.3 is 54.3 Å². The van der Waals surface area contributed by atoms with E-state index in [9.17, 15) is 25.5 Å². The van der Waals surface area contributed by atoms with Gasteiger partial charge in [0, 0.05) is 6.61 Å². The van der Waals surface area contributed by atoms with Crippen molar-refractivity contribution in [3.8, 4) is 23.0 Å². The minimum atomic E-state index is -1.49. The lowest BCUT2D eigenvalue weighted by Crippen LogP contribution is -2.54. The molecule has 3 rings (SSSR count). The number of hydrogen-bond acceptors (Lipinski definition) is 11. The zero-order valence-electron chi connectivity index (χ0n) is 20.2. The maximum absolute atomic E-state index is 10.9. The highest BCUT2D eigenvalue weighted by molar-refractivity contribution is 5.45. The lowest BCUT2D eigenvalue weighted by Gasteiger charge is -2.35. The van der Waals surface area contributed by atoms with Gasteiger partial charge in [0.05, 0.1) is 27.4 Å². The first kappa shape index (κ1) is 27.9. The van der Waals surface area contributed by atoms with Crippen LogP contribution in [0.4, 0.5) is 0 Å². The van der Waals surface area contributed by atoms with Gasteiger partial charge in [0.2, 0.25) is 6.29 Å². The summed E-state index contributed by atoms with van der Waals surface area (Å²) in [6, 6.07) is 9.78. The summed E-state index contributed by atoms with van der Waals surface area (Å²) in [7, 11) is 2.87. The molecule has 0 aliphatic carbocycles. The number of aliphatic hydroxyl groups excluding tert-OH is 6. The Morgan fingerprint density at radius 3 is 2.28 bits per heavy atom. The quantitative estimate of drug-likeness (QED) is 0.226. The topological polar surface area (TPSA) is 168 Å². The Hall–Kier alpha value is -2.64. The maximum Gasteiger partial charge on any atom is 0.229 e. The minimum absolute atomic E-state index is 0.0754. The highest BCUT2D eigenvalue weighted by atomic mass is 16.7. The van der Waals surface area contributed by atoms with Crippen LogP contribution in [0.2, 0.25) is 0 Å². The van der Waals surface area contributed by atoms with Crippen LogP contribution in [0.3, 0.4) is 0 Å². The summed E-state index contributed by atoms with van der Waals surface area (Å²) in [6.45, 7) is -0.644. The monoisotopic (exact) mass is 510 g/mol. The van der Waals surface area contributed by atoms with Crippen LogP contribution >= 0.6 is 0 Å². The van der Waals surface area contributed by atoms with Crippen LogP contribution in [-0.2, 0) is 11.2 Å². The Balaban J connectivity index is 1.75. The molecule has 1 aliphatic heterocycles. The van der Waals surface area contributed by atoms with Crippen molar-refractivity contribution < 1.29 is 54.3 Å². The van der Waals surface area contributed by atoms with Crippen molar-refractivity contribution in [2.45, 2.75) is 49.7 Å². The molecule has 0 radical (unpaired) electrons. The third-order valence-corrected chi connectivity index (χ3v) is 5.89. The SMILES string of the molecule is COc1cc([C@@H](O)[C@H](CO)Oc2ccc(CCCO)cc2OC)ccc1O[C@@H]1OC[C@@H](O)[C@H](O)[C@H]1O. The van der Waals surface area contributed by atoms with Crippen molar-refractivity contribution in [2.24, 2.45) is 0 Å². The fourth-order valence-corrected chi connectivity index (χ4v) is 3.80. The third-order valence-electron chi connectivity index (χ3n) is 5.89. The Kier molecular flexibility index (Phi) is 10.1. The standard InChI is InChI=1S/C25H34O11/c1-32-19-10-14(4-3-9-26)5-7-17(19)35-21(12-27)22(29)15-6-8-18(20(11-15)33-2)36-25-24(31)23(30)16(28)13-34-25/h5-8,10-11,16,21-31H,3-4,9,12-13H2,1-2H3/t16-,21+,22-,23+,24-,25+/m1/s1. The van der Waals surface area contributed by atoms with Crippen LogP contribution in [0.5, 0.6) is 23.0 Å². The molecular weight excluding hydrogens is 476 g/mol. The minimum Gasteiger partial charge on any atom is -0.493 e. The first-order valence-electron chi connectivity index (χ1n) is 11.6. The summed E-state index contributed by atoms with van der Waals surface area (Å²) in [5, 5.41) is 59.5. The van der Waals surface area contributed by atoms with E-state index in [0.717, 1.165) is 5.56 Å². The fourth-order valence-electron chi connectivity index (χ4n) is 3.80. The smallest absolute Gasteiger partial charge is 0.229 e. The van der Waals surface area contributed by atoms with E-state index >= 15 is 0 Å². The number of ether oxygens (including phenoxy) is 5. The van der Waals surface area contributed by atoms with Crippen molar-refractivity contribution in [3.05, 3.63) is 47.5 Å². The third kappa shape index (κ3) is 6.56. The molecule has 36 heavy (non-hydrogen) atoms. The van der Waals surface area contributed by atoms with Gasteiger partial charge in [-0.05, 0) is 48.2 Å². The molecular formula is C25H34O11. The van der Waals surface area contributed by atoms with Crippen molar-refractivity contribution in [3.63, 3.8) is 0 Å². The molecule has 1 saturated heterocycles. The molecule has 0 saturated carbocycles. The molecule has 0 unspecified atom stereocenters. The Morgan fingerprint density at radius 1 is 0.917 bits per heavy atom. The molecule has 6 atom stereocenters. The summed E-state index contributed by atoms with van der Waals surface area (Å²) in [4.78, 5) is 0. The molecule has 1 aliphatic rings. The van der Waals surface area contributed by atoms with Gasteiger partial charge in [-0.2, -0.15) is 0 Å². The van der Waals surface area contributed by atoms with E-state index in [4.69, 9.17) is 28.8 Å². The van der Waals surface area contributed by atoms with E-state index in [1.807, 2.05) is 6.07 Å². The predicted octanol–water partition coefficient (Wildman–Crippen LogP) is -0.0802. The van der Waals surface area contributed by atoms with Crippen molar-refractivity contribution in [2.75, 3.05) is 34.0 Å². The molecule has 0 amide bonds. The molecule has 11 heteroatoms. The first-order chi connectivity index (χ1) is 17.3. The van der Waals surface area contributed by atoms with Gasteiger partial charge in [-0.15, -0.1) is 0 Å². The zero-order chi connectivity index (χ0) is 26.2. The van der Waals surface area contributed by atoms with Crippen molar-refractivity contribution in [1.29, 1.82) is 0 Å². The molecule has 1 heterocycles. The predicted molar refractivity (Wildman–Crippen MR) is 126 cm³/mol. The molecule has 0 spiro atoms. The number of methoxy groups -OCH3 is 2. The Labute approximate surface area is 209 Å². The largest absolute Gasteiger partial charge is 0.493 e. The van der Waals surface area contributed by atoms with Crippen LogP contribution in [0.15, 0.2) is 36.4 Å². The van der Waals surface area contributed by atoms with Gasteiger partial charge in [-0.3, -0.25) is 0 Å². The van der Waals surface area contributed by atoms with E-state index in [-0.39, 0.29) is 24.7 Å². The molecule has 1 fully saturated rings. The summed E-state index contributed by atoms with van der Waals surface area (Å²) in [5.74, 6) is 1.13. The molecule has 0 aromatic heterocycles. The van der Waals surface area contributed by atoms with E-state index in [0.29, 0.717) is 29.9 Å². The van der Waals surface area contributed by atoms with Crippen LogP contribution in [0.25, 0.3) is 0 Å². The lowest BCUT2D eigenvalue weighted by molar-refractivity contribution is -0.242. The molecule has 2 aromatic rings. The maximum atomic E-state index is 10.9. The number of hydrogen-bond donors (Lipinski definition) is 6. The number of aryl methyl sites for hydroxylation is 1. The highest BCUT2D eigenvalue weighted by Crippen LogP contribution is 2.35. The number of rotatable bonds is 12. The van der Waals surface area contributed by atoms with E-state index < -0.39 is 43.4 Å². The van der Waals surface area contributed by atoms with Crippen LogP contribution in [0, 0.1) is 0 Å². The van der Waals surface area contributed by atoms with Gasteiger partial charge >= 0.3 is 0 Å². The summed E-state index contributed by atoms with van der Waals surface area (Å²) in [5.41, 5.74) is 1.31. The Bertz CT molecular complexity index is 969.